The third kappa shape index (κ3) is 9.23. The molecule has 0 saturated heterocycles. The molecule has 4 N–H and O–H groups in total. The molecule has 12 heteroatoms. The zero-order chi connectivity index (χ0) is 29.9. The maximum absolute atomic E-state index is 14.6. The minimum atomic E-state index is -1.01. The zero-order valence-corrected chi connectivity index (χ0v) is 23.8. The van der Waals surface area contributed by atoms with Gasteiger partial charge < -0.3 is 25.8 Å². The number of hydrogen-bond donors (Lipinski definition) is 3. The summed E-state index contributed by atoms with van der Waals surface area (Å²) in [5, 5.41) is 6.36. The fraction of sp³-hybridized carbons (Fsp3) is 0.233. The summed E-state index contributed by atoms with van der Waals surface area (Å²) in [7, 11) is -1.01. The lowest BCUT2D eigenvalue weighted by molar-refractivity contribution is 0.150. The molecule has 3 heterocycles. The highest BCUT2D eigenvalue weighted by Crippen LogP contribution is 2.34. The van der Waals surface area contributed by atoms with Crippen LogP contribution in [0.3, 0.4) is 0 Å². The van der Waals surface area contributed by atoms with Crippen molar-refractivity contribution in [2.75, 3.05) is 30.0 Å². The summed E-state index contributed by atoms with van der Waals surface area (Å²) in [4.78, 5) is 18.8. The molecule has 42 heavy (non-hydrogen) atoms. The maximum Gasteiger partial charge on any atom is 0.404 e. The van der Waals surface area contributed by atoms with E-state index in [2.05, 4.69) is 25.3 Å². The molecule has 1 aliphatic rings. The second kappa shape index (κ2) is 14.9. The zero-order valence-electron chi connectivity index (χ0n) is 22.9. The first kappa shape index (κ1) is 30.4. The number of carbonyl (C=O) groups is 1. The Morgan fingerprint density at radius 2 is 1.79 bits per heavy atom. The Morgan fingerprint density at radius 3 is 2.55 bits per heavy atom. The Morgan fingerprint density at radius 1 is 1.00 bits per heavy atom. The Bertz CT molecular complexity index is 1540. The number of rotatable bonds is 4. The Hall–Kier alpha value is -4.58. The van der Waals surface area contributed by atoms with E-state index in [0.29, 0.717) is 41.9 Å². The molecule has 0 saturated carbocycles. The number of pyridine rings is 2. The van der Waals surface area contributed by atoms with Gasteiger partial charge in [-0.1, -0.05) is 30.3 Å². The van der Waals surface area contributed by atoms with Gasteiger partial charge in [-0.15, -0.1) is 0 Å². The van der Waals surface area contributed by atoms with E-state index in [0.717, 1.165) is 30.2 Å². The molecule has 4 bridgehead atoms. The van der Waals surface area contributed by atoms with Crippen LogP contribution in [-0.2, 0) is 27.9 Å². The van der Waals surface area contributed by atoms with E-state index < -0.39 is 28.5 Å². The van der Waals surface area contributed by atoms with Gasteiger partial charge in [-0.2, -0.15) is 0 Å². The van der Waals surface area contributed by atoms with Crippen LogP contribution in [-0.4, -0.2) is 39.7 Å². The van der Waals surface area contributed by atoms with Gasteiger partial charge in [0.1, 0.15) is 41.4 Å². The van der Waals surface area contributed by atoms with Crippen molar-refractivity contribution in [2.45, 2.75) is 25.2 Å². The molecule has 5 rings (SSSR count). The predicted molar refractivity (Wildman–Crippen MR) is 159 cm³/mol. The number of primary amides is 1. The van der Waals surface area contributed by atoms with Crippen LogP contribution in [0.4, 0.5) is 31.0 Å². The summed E-state index contributed by atoms with van der Waals surface area (Å²) in [5.74, 6) is 1.19. The molecule has 1 amide bonds. The summed E-state index contributed by atoms with van der Waals surface area (Å²) in [6.07, 6.45) is 3.52. The molecule has 1 unspecified atom stereocenters. The molecular weight excluding hydrogens is 564 g/mol. The van der Waals surface area contributed by atoms with E-state index in [1.807, 2.05) is 36.4 Å². The van der Waals surface area contributed by atoms with E-state index >= 15 is 0 Å². The molecule has 1 atom stereocenters. The van der Waals surface area contributed by atoms with Gasteiger partial charge in [-0.25, -0.2) is 23.5 Å². The molecule has 2 aromatic heterocycles. The minimum absolute atomic E-state index is 0.242. The molecule has 1 aliphatic heterocycles. The summed E-state index contributed by atoms with van der Waals surface area (Å²) < 4.78 is 50.5. The van der Waals surface area contributed by atoms with E-state index in [9.17, 15) is 17.8 Å². The number of nitrogens with two attached hydrogens (primary N) is 1. The van der Waals surface area contributed by atoms with Crippen LogP contribution in [0.2, 0.25) is 0 Å². The summed E-state index contributed by atoms with van der Waals surface area (Å²) in [6.45, 7) is 1.27. The summed E-state index contributed by atoms with van der Waals surface area (Å²) >= 11 is 0. The van der Waals surface area contributed by atoms with E-state index in [1.54, 1.807) is 12.3 Å². The Balaban J connectivity index is 0.000000310. The van der Waals surface area contributed by atoms with Gasteiger partial charge in [0.15, 0.2) is 0 Å². The van der Waals surface area contributed by atoms with Crippen LogP contribution in [0.5, 0.6) is 5.75 Å². The average molecular weight is 596 g/mol. The highest BCUT2D eigenvalue weighted by molar-refractivity contribution is 7.83. The smallest absolute Gasteiger partial charge is 0.404 e. The molecule has 0 radical (unpaired) electrons. The first-order valence-electron chi connectivity index (χ1n) is 13.1. The molecular formula is C30H31F2N5O4S. The lowest BCUT2D eigenvalue weighted by Gasteiger charge is -2.13. The van der Waals surface area contributed by atoms with Gasteiger partial charge in [-0.05, 0) is 54.3 Å². The van der Waals surface area contributed by atoms with Crippen LogP contribution in [0, 0.1) is 11.6 Å². The third-order valence-corrected chi connectivity index (χ3v) is 6.70. The van der Waals surface area contributed by atoms with Crippen LogP contribution < -0.4 is 21.1 Å². The molecule has 220 valence electrons. The van der Waals surface area contributed by atoms with Gasteiger partial charge in [0.05, 0.1) is 12.8 Å². The monoisotopic (exact) mass is 595 g/mol. The number of carbonyl (C=O) groups excluding carboxylic acids is 1. The van der Waals surface area contributed by atoms with Crippen molar-refractivity contribution in [3.63, 3.8) is 0 Å². The molecule has 9 nitrogen and oxygen atoms in total. The highest BCUT2D eigenvalue weighted by Gasteiger charge is 2.15. The normalized spacial score (nSPS) is 13.2. The average Bonchev–Trinajstić information content (AvgIpc) is 2.95. The number of nitrogens with one attached hydrogen (secondary N) is 2. The molecule has 0 spiro atoms. The van der Waals surface area contributed by atoms with Gasteiger partial charge in [0, 0.05) is 46.5 Å². The van der Waals surface area contributed by atoms with E-state index in [4.69, 9.17) is 10.5 Å². The SMILES string of the molecule is CS(=O)Cc1cc2nc(c1)Nc1cc(c(F)cn1)-c1ccc(F)cc1OCCCCN2.NC(=O)OCc1ccccc1. The van der Waals surface area contributed by atoms with Crippen LogP contribution in [0.25, 0.3) is 11.1 Å². The maximum atomic E-state index is 14.6. The number of nitrogens with zero attached hydrogens (tertiary/aromatic N) is 2. The van der Waals surface area contributed by atoms with Crippen LogP contribution >= 0.6 is 0 Å². The number of aromatic nitrogens is 2. The molecule has 0 aliphatic carbocycles. The molecule has 2 aromatic carbocycles. The van der Waals surface area contributed by atoms with Gasteiger partial charge in [-0.3, -0.25) is 4.21 Å². The number of halogens is 2. The summed E-state index contributed by atoms with van der Waals surface area (Å²) in [6, 6.07) is 18.6. The van der Waals surface area contributed by atoms with Crippen molar-refractivity contribution >= 4 is 34.3 Å². The first-order valence-corrected chi connectivity index (χ1v) is 14.9. The van der Waals surface area contributed by atoms with Crippen molar-refractivity contribution in [3.05, 3.63) is 95.7 Å². The van der Waals surface area contributed by atoms with Gasteiger partial charge in [0.25, 0.3) is 0 Å². The van der Waals surface area contributed by atoms with Gasteiger partial charge in [0.2, 0.25) is 0 Å². The second-order valence-electron chi connectivity index (χ2n) is 9.35. The first-order chi connectivity index (χ1) is 20.3. The van der Waals surface area contributed by atoms with E-state index in [-0.39, 0.29) is 17.9 Å². The number of amides is 1. The highest BCUT2D eigenvalue weighted by atomic mass is 32.2. The standard InChI is InChI=1S/C22H22F2N4O2S.C8H9NO2/c1-31(29)13-14-8-20-25-6-2-3-7-30-19-10-15(23)4-5-16(19)17-11-21(26-12-18(17)24)28-22(9-14)27-20;9-8(10)11-6-7-4-2-1-3-5-7/h4-5,8-12H,2-3,6-7,13H2,1H3,(H2,25,26,27,28);1-5H,6H2,(H2,9,10). The number of fused-ring (bicyclic) bond motifs is 6. The van der Waals surface area contributed by atoms with Crippen LogP contribution in [0.15, 0.2) is 72.9 Å². The number of ether oxygens (including phenoxy) is 2. The van der Waals surface area contributed by atoms with Crippen molar-refractivity contribution in [1.29, 1.82) is 0 Å². The molecule has 4 aromatic rings. The van der Waals surface area contributed by atoms with Crippen molar-refractivity contribution in [1.82, 2.24) is 9.97 Å². The number of hydrogen-bond acceptors (Lipinski definition) is 8. The van der Waals surface area contributed by atoms with Crippen molar-refractivity contribution in [3.8, 4) is 16.9 Å². The lowest BCUT2D eigenvalue weighted by Crippen LogP contribution is -2.12. The fourth-order valence-corrected chi connectivity index (χ4v) is 4.73. The minimum Gasteiger partial charge on any atom is -0.493 e. The van der Waals surface area contributed by atoms with Gasteiger partial charge >= 0.3 is 6.09 Å². The van der Waals surface area contributed by atoms with Crippen molar-refractivity contribution in [2.24, 2.45) is 5.73 Å². The molecule has 0 fully saturated rings. The number of anilines is 3. The van der Waals surface area contributed by atoms with Crippen molar-refractivity contribution < 1.29 is 27.3 Å². The fourth-order valence-electron chi connectivity index (χ4n) is 4.10. The largest absolute Gasteiger partial charge is 0.493 e. The van der Waals surface area contributed by atoms with Crippen LogP contribution in [0.1, 0.15) is 24.0 Å². The third-order valence-electron chi connectivity index (χ3n) is 5.96. The second-order valence-corrected chi connectivity index (χ2v) is 10.8. The Labute approximate surface area is 244 Å². The topological polar surface area (TPSA) is 128 Å². The Kier molecular flexibility index (Phi) is 10.8. The predicted octanol–water partition coefficient (Wildman–Crippen LogP) is 5.91. The quantitative estimate of drug-likeness (QED) is 0.266. The van der Waals surface area contributed by atoms with E-state index in [1.165, 1.54) is 24.3 Å². The summed E-state index contributed by atoms with van der Waals surface area (Å²) in [5.41, 5.74) is 7.26. The lowest BCUT2D eigenvalue weighted by atomic mass is 10.0. The number of benzene rings is 2.